The van der Waals surface area contributed by atoms with E-state index in [1.807, 2.05) is 25.1 Å². The van der Waals surface area contributed by atoms with Crippen LogP contribution in [0.5, 0.6) is 11.5 Å². The third-order valence-electron chi connectivity index (χ3n) is 9.77. The van der Waals surface area contributed by atoms with E-state index in [9.17, 15) is 24.0 Å². The van der Waals surface area contributed by atoms with Gasteiger partial charge in [0.2, 0.25) is 23.6 Å². The summed E-state index contributed by atoms with van der Waals surface area (Å²) in [4.78, 5) is 70.7. The number of carbonyl (C=O) groups is 5. The van der Waals surface area contributed by atoms with E-state index in [2.05, 4.69) is 35.1 Å². The SMILES string of the molecule is Cc1cc(C(C)C)ccc1C(=O)N[C@@H](CCN)C(=O)N(C)[C@@H]1C(=O)N[C@@H](C)C(=O)N[C@H](C(=O)NCC#N)Cc2ccc(OCCN)c(c2)-c2cc1ccc2OCCN. The number of carbonyl (C=O) groups excluding carboxylic acids is 5. The standard InChI is InChI=1S/C42H55N9O7/c1-24(2)28-7-9-30(25(3)20-28)39(53)49-33(12-13-43)42(56)51(5)37-29-8-11-36(58-19-16-46)32(23-29)31-21-27(6-10-35(31)57-18-15-45)22-34(40(54)47-17-14-44)50-38(52)26(4)48-41(37)55/h6-11,20-21,23-24,26,33-34,37H,12-13,15-19,22,43,45-46H2,1-5H3,(H,47,54)(H,48,55)(H,49,53)(H,50,52)/t26-,33-,34-,37-/m0/s1. The zero-order chi connectivity index (χ0) is 42.5. The Hall–Kier alpha value is -6.02. The molecule has 4 atom stereocenters. The average Bonchev–Trinajstić information content (AvgIpc) is 3.20. The van der Waals surface area contributed by atoms with Crippen LogP contribution in [0.4, 0.5) is 0 Å². The van der Waals surface area contributed by atoms with Crippen molar-refractivity contribution in [1.29, 1.82) is 5.26 Å². The van der Waals surface area contributed by atoms with Gasteiger partial charge in [0.1, 0.15) is 55.4 Å². The molecule has 4 rings (SSSR count). The smallest absolute Gasteiger partial charge is 0.252 e. The number of ether oxygens (including phenoxy) is 2. The highest BCUT2D eigenvalue weighted by molar-refractivity contribution is 6.00. The van der Waals surface area contributed by atoms with Gasteiger partial charge >= 0.3 is 0 Å². The van der Waals surface area contributed by atoms with Gasteiger partial charge in [-0.2, -0.15) is 5.26 Å². The van der Waals surface area contributed by atoms with Crippen LogP contribution in [-0.2, 0) is 25.6 Å². The van der Waals surface area contributed by atoms with E-state index in [0.717, 1.165) is 11.1 Å². The van der Waals surface area contributed by atoms with E-state index < -0.39 is 53.7 Å². The summed E-state index contributed by atoms with van der Waals surface area (Å²) in [6, 6.07) is 12.8. The summed E-state index contributed by atoms with van der Waals surface area (Å²) in [5.74, 6) is -2.06. The first-order chi connectivity index (χ1) is 27.7. The molecule has 58 heavy (non-hydrogen) atoms. The van der Waals surface area contributed by atoms with Gasteiger partial charge in [0.25, 0.3) is 5.91 Å². The van der Waals surface area contributed by atoms with Crippen LogP contribution in [0.2, 0.25) is 0 Å². The zero-order valence-corrected chi connectivity index (χ0v) is 33.7. The molecule has 4 bridgehead atoms. The Balaban J connectivity index is 1.87. The molecule has 0 aromatic heterocycles. The van der Waals surface area contributed by atoms with Crippen molar-refractivity contribution in [1.82, 2.24) is 26.2 Å². The summed E-state index contributed by atoms with van der Waals surface area (Å²) in [5, 5.41) is 19.9. The molecule has 0 radical (unpaired) electrons. The van der Waals surface area contributed by atoms with Crippen LogP contribution >= 0.6 is 0 Å². The lowest BCUT2D eigenvalue weighted by Gasteiger charge is -2.32. The van der Waals surface area contributed by atoms with Crippen molar-refractivity contribution in [3.63, 3.8) is 0 Å². The first kappa shape index (κ1) is 44.7. The lowest BCUT2D eigenvalue weighted by Crippen LogP contribution is -2.56. The number of aryl methyl sites for hydroxylation is 1. The predicted molar refractivity (Wildman–Crippen MR) is 219 cm³/mol. The van der Waals surface area contributed by atoms with Crippen LogP contribution in [0.15, 0.2) is 54.6 Å². The fourth-order valence-electron chi connectivity index (χ4n) is 6.67. The summed E-state index contributed by atoms with van der Waals surface area (Å²) < 4.78 is 12.1. The molecular formula is C42H55N9O7. The van der Waals surface area contributed by atoms with Crippen molar-refractivity contribution >= 4 is 29.5 Å². The third-order valence-corrected chi connectivity index (χ3v) is 9.77. The normalized spacial score (nSPS) is 17.1. The number of nitrogens with zero attached hydrogens (tertiary/aromatic N) is 2. The monoisotopic (exact) mass is 797 g/mol. The van der Waals surface area contributed by atoms with Gasteiger partial charge in [0.05, 0.1) is 6.07 Å². The molecule has 1 aliphatic heterocycles. The maximum absolute atomic E-state index is 14.5. The second-order valence-electron chi connectivity index (χ2n) is 14.4. The average molecular weight is 798 g/mol. The first-order valence-electron chi connectivity index (χ1n) is 19.3. The molecule has 5 amide bonds. The van der Waals surface area contributed by atoms with E-state index in [1.165, 1.54) is 18.9 Å². The molecule has 0 unspecified atom stereocenters. The molecule has 1 aliphatic rings. The Labute approximate surface area is 339 Å². The van der Waals surface area contributed by atoms with Crippen molar-refractivity contribution in [3.05, 3.63) is 82.4 Å². The molecule has 3 aromatic carbocycles. The number of nitrogens with one attached hydrogen (secondary N) is 4. The zero-order valence-electron chi connectivity index (χ0n) is 33.7. The van der Waals surface area contributed by atoms with Gasteiger partial charge in [-0.05, 0) is 85.3 Å². The quantitative estimate of drug-likeness (QED) is 0.108. The van der Waals surface area contributed by atoms with Crippen LogP contribution < -0.4 is 47.9 Å². The van der Waals surface area contributed by atoms with Crippen LogP contribution in [0.1, 0.15) is 71.8 Å². The number of nitrogens with two attached hydrogens (primary N) is 3. The summed E-state index contributed by atoms with van der Waals surface area (Å²) >= 11 is 0. The molecule has 1 heterocycles. The maximum Gasteiger partial charge on any atom is 0.252 e. The van der Waals surface area contributed by atoms with Crippen LogP contribution in [0, 0.1) is 18.3 Å². The van der Waals surface area contributed by atoms with Crippen molar-refractivity contribution < 1.29 is 33.4 Å². The van der Waals surface area contributed by atoms with Gasteiger partial charge in [0, 0.05) is 43.2 Å². The summed E-state index contributed by atoms with van der Waals surface area (Å²) in [7, 11) is 1.43. The van der Waals surface area contributed by atoms with Crippen LogP contribution in [-0.4, -0.2) is 99.0 Å². The predicted octanol–water partition coefficient (Wildman–Crippen LogP) is 1.29. The lowest BCUT2D eigenvalue weighted by atomic mass is 9.93. The largest absolute Gasteiger partial charge is 0.492 e. The Morgan fingerprint density at radius 2 is 1.57 bits per heavy atom. The van der Waals surface area contributed by atoms with Gasteiger partial charge in [-0.1, -0.05) is 38.1 Å². The van der Waals surface area contributed by atoms with E-state index in [1.54, 1.807) is 42.5 Å². The lowest BCUT2D eigenvalue weighted by molar-refractivity contribution is -0.141. The first-order valence-corrected chi connectivity index (χ1v) is 19.3. The highest BCUT2D eigenvalue weighted by Crippen LogP contribution is 2.40. The van der Waals surface area contributed by atoms with E-state index in [4.69, 9.17) is 31.9 Å². The molecule has 0 aliphatic carbocycles. The molecular weight excluding hydrogens is 743 g/mol. The van der Waals surface area contributed by atoms with Gasteiger partial charge in [-0.15, -0.1) is 0 Å². The van der Waals surface area contributed by atoms with Crippen LogP contribution in [0.3, 0.4) is 0 Å². The minimum atomic E-state index is -1.36. The van der Waals surface area contributed by atoms with Gasteiger partial charge in [-0.3, -0.25) is 24.0 Å². The van der Waals surface area contributed by atoms with Crippen LogP contribution in [0.25, 0.3) is 11.1 Å². The number of hydrogen-bond donors (Lipinski definition) is 7. The molecule has 0 fully saturated rings. The van der Waals surface area contributed by atoms with E-state index in [0.29, 0.717) is 39.3 Å². The molecule has 0 spiro atoms. The highest BCUT2D eigenvalue weighted by Gasteiger charge is 2.36. The number of rotatable bonds is 15. The number of nitriles is 1. The van der Waals surface area contributed by atoms with Gasteiger partial charge < -0.3 is 52.8 Å². The fraction of sp³-hybridized carbons (Fsp3) is 0.429. The molecule has 16 nitrogen and oxygen atoms in total. The van der Waals surface area contributed by atoms with Crippen molar-refractivity contribution in [3.8, 4) is 28.7 Å². The number of benzene rings is 3. The maximum atomic E-state index is 14.5. The second kappa shape index (κ2) is 20.9. The number of likely N-dealkylation sites (N-methyl/N-ethyl adjacent to an activating group) is 1. The molecule has 310 valence electrons. The topological polar surface area (TPSA) is 257 Å². The highest BCUT2D eigenvalue weighted by atomic mass is 16.5. The minimum absolute atomic E-state index is 0.0159. The Bertz CT molecular complexity index is 2010. The van der Waals surface area contributed by atoms with Crippen molar-refractivity contribution in [2.45, 2.75) is 70.6 Å². The molecule has 0 saturated carbocycles. The number of amides is 5. The number of fused-ring (bicyclic) bond motifs is 5. The van der Waals surface area contributed by atoms with Crippen molar-refractivity contribution in [2.75, 3.05) is 46.4 Å². The molecule has 3 aromatic rings. The van der Waals surface area contributed by atoms with Crippen molar-refractivity contribution in [2.24, 2.45) is 17.2 Å². The molecule has 16 heteroatoms. The van der Waals surface area contributed by atoms with Gasteiger partial charge in [0.15, 0.2) is 0 Å². The Morgan fingerprint density at radius 1 is 0.914 bits per heavy atom. The fourth-order valence-corrected chi connectivity index (χ4v) is 6.67. The van der Waals surface area contributed by atoms with Gasteiger partial charge in [-0.25, -0.2) is 0 Å². The van der Waals surface area contributed by atoms with E-state index in [-0.39, 0.29) is 58.2 Å². The Morgan fingerprint density at radius 3 is 2.17 bits per heavy atom. The Kier molecular flexibility index (Phi) is 16.1. The summed E-state index contributed by atoms with van der Waals surface area (Å²) in [6.45, 7) is 7.86. The summed E-state index contributed by atoms with van der Waals surface area (Å²) in [6.07, 6.45) is 0.0776. The molecule has 0 saturated heterocycles. The molecule has 10 N–H and O–H groups in total. The van der Waals surface area contributed by atoms with E-state index >= 15 is 0 Å². The summed E-state index contributed by atoms with van der Waals surface area (Å²) in [5.41, 5.74) is 21.7. The third kappa shape index (κ3) is 11.1. The second-order valence-corrected chi connectivity index (χ2v) is 14.4. The number of hydrogen-bond acceptors (Lipinski definition) is 11. The minimum Gasteiger partial charge on any atom is -0.492 e.